The second-order valence-corrected chi connectivity index (χ2v) is 4.91. The maximum atomic E-state index is 5.87. The summed E-state index contributed by atoms with van der Waals surface area (Å²) in [6.07, 6.45) is 4.13. The highest BCUT2D eigenvalue weighted by Crippen LogP contribution is 2.30. The Hall–Kier alpha value is -2.37. The Labute approximate surface area is 117 Å². The van der Waals surface area contributed by atoms with Gasteiger partial charge in [-0.05, 0) is 43.0 Å². The summed E-state index contributed by atoms with van der Waals surface area (Å²) >= 11 is 0. The van der Waals surface area contributed by atoms with Crippen molar-refractivity contribution in [3.8, 4) is 5.88 Å². The van der Waals surface area contributed by atoms with Crippen LogP contribution >= 0.6 is 0 Å². The lowest BCUT2D eigenvalue weighted by molar-refractivity contribution is 0.290. The predicted octanol–water partition coefficient (Wildman–Crippen LogP) is 1.85. The fraction of sp³-hybridized carbons (Fsp3) is 0.357. The molecule has 2 heterocycles. The number of rotatable bonds is 6. The smallest absolute Gasteiger partial charge is 0.239 e. The van der Waals surface area contributed by atoms with Crippen molar-refractivity contribution < 1.29 is 4.74 Å². The van der Waals surface area contributed by atoms with Crippen LogP contribution < -0.4 is 15.8 Å². The average Bonchev–Trinajstić information content (AvgIpc) is 3.30. The van der Waals surface area contributed by atoms with Crippen molar-refractivity contribution in [2.75, 3.05) is 17.7 Å². The highest BCUT2D eigenvalue weighted by Gasteiger charge is 2.22. The quantitative estimate of drug-likeness (QED) is 0.834. The van der Waals surface area contributed by atoms with Crippen LogP contribution in [0.15, 0.2) is 30.5 Å². The van der Waals surface area contributed by atoms with Gasteiger partial charge in [0.2, 0.25) is 5.88 Å². The van der Waals surface area contributed by atoms with E-state index in [0.29, 0.717) is 30.6 Å². The Bertz CT molecular complexity index is 571. The SMILES string of the molecule is Nc1ccc(NCc2cccnn2)nc1OCC1CC1. The molecule has 0 radical (unpaired) electrons. The summed E-state index contributed by atoms with van der Waals surface area (Å²) in [4.78, 5) is 4.38. The summed E-state index contributed by atoms with van der Waals surface area (Å²) < 4.78 is 5.65. The lowest BCUT2D eigenvalue weighted by Crippen LogP contribution is -2.07. The molecule has 0 amide bonds. The van der Waals surface area contributed by atoms with E-state index in [1.54, 1.807) is 12.3 Å². The van der Waals surface area contributed by atoms with Gasteiger partial charge in [0.05, 0.1) is 24.5 Å². The molecule has 0 saturated heterocycles. The number of ether oxygens (including phenoxy) is 1. The number of nitrogens with one attached hydrogen (secondary N) is 1. The Morgan fingerprint density at radius 3 is 2.95 bits per heavy atom. The minimum Gasteiger partial charge on any atom is -0.476 e. The largest absolute Gasteiger partial charge is 0.476 e. The van der Waals surface area contributed by atoms with Crippen molar-refractivity contribution in [3.63, 3.8) is 0 Å². The van der Waals surface area contributed by atoms with E-state index in [2.05, 4.69) is 20.5 Å². The molecule has 6 heteroatoms. The molecule has 2 aromatic rings. The van der Waals surface area contributed by atoms with Gasteiger partial charge in [0.25, 0.3) is 0 Å². The molecule has 104 valence electrons. The van der Waals surface area contributed by atoms with Gasteiger partial charge in [-0.25, -0.2) is 0 Å². The molecule has 2 aromatic heterocycles. The van der Waals surface area contributed by atoms with E-state index in [1.807, 2.05) is 18.2 Å². The maximum Gasteiger partial charge on any atom is 0.239 e. The monoisotopic (exact) mass is 271 g/mol. The van der Waals surface area contributed by atoms with E-state index in [9.17, 15) is 0 Å². The van der Waals surface area contributed by atoms with E-state index in [-0.39, 0.29) is 0 Å². The van der Waals surface area contributed by atoms with Crippen LogP contribution in [0.2, 0.25) is 0 Å². The third-order valence-corrected chi connectivity index (χ3v) is 3.12. The average molecular weight is 271 g/mol. The molecule has 20 heavy (non-hydrogen) atoms. The van der Waals surface area contributed by atoms with E-state index >= 15 is 0 Å². The molecule has 0 unspecified atom stereocenters. The minimum absolute atomic E-state index is 0.501. The second kappa shape index (κ2) is 5.73. The summed E-state index contributed by atoms with van der Waals surface area (Å²) in [5, 5.41) is 11.0. The predicted molar refractivity (Wildman–Crippen MR) is 76.2 cm³/mol. The van der Waals surface area contributed by atoms with Gasteiger partial charge in [-0.1, -0.05) is 0 Å². The van der Waals surface area contributed by atoms with Crippen LogP contribution in [0, 0.1) is 5.92 Å². The summed E-state index contributed by atoms with van der Waals surface area (Å²) in [5.74, 6) is 1.89. The molecule has 6 nitrogen and oxygen atoms in total. The molecule has 3 rings (SSSR count). The molecule has 3 N–H and O–H groups in total. The van der Waals surface area contributed by atoms with Crippen molar-refractivity contribution in [3.05, 3.63) is 36.2 Å². The Kier molecular flexibility index (Phi) is 3.62. The van der Waals surface area contributed by atoms with Gasteiger partial charge in [-0.2, -0.15) is 15.2 Å². The van der Waals surface area contributed by atoms with E-state index in [0.717, 1.165) is 11.5 Å². The highest BCUT2D eigenvalue weighted by atomic mass is 16.5. The molecular weight excluding hydrogens is 254 g/mol. The van der Waals surface area contributed by atoms with Crippen LogP contribution in [0.5, 0.6) is 5.88 Å². The molecular formula is C14H17N5O. The minimum atomic E-state index is 0.501. The van der Waals surface area contributed by atoms with Gasteiger partial charge in [0.15, 0.2) is 0 Å². The molecule has 1 aliphatic rings. The van der Waals surface area contributed by atoms with E-state index in [1.165, 1.54) is 12.8 Å². The Morgan fingerprint density at radius 2 is 2.20 bits per heavy atom. The van der Waals surface area contributed by atoms with Crippen molar-refractivity contribution in [2.24, 2.45) is 5.92 Å². The number of pyridine rings is 1. The number of nitrogens with two attached hydrogens (primary N) is 1. The van der Waals surface area contributed by atoms with Crippen LogP contribution in [-0.2, 0) is 6.54 Å². The zero-order valence-electron chi connectivity index (χ0n) is 11.1. The number of aromatic nitrogens is 3. The normalized spacial score (nSPS) is 14.0. The lowest BCUT2D eigenvalue weighted by Gasteiger charge is -2.10. The summed E-state index contributed by atoms with van der Waals surface area (Å²) in [6, 6.07) is 7.39. The van der Waals surface area contributed by atoms with Crippen LogP contribution in [-0.4, -0.2) is 21.8 Å². The first kappa shape index (κ1) is 12.7. The molecule has 1 fully saturated rings. The van der Waals surface area contributed by atoms with Gasteiger partial charge in [0.1, 0.15) is 5.82 Å². The molecule has 0 atom stereocenters. The molecule has 1 aliphatic carbocycles. The van der Waals surface area contributed by atoms with Gasteiger partial charge < -0.3 is 15.8 Å². The fourth-order valence-corrected chi connectivity index (χ4v) is 1.76. The first-order valence-corrected chi connectivity index (χ1v) is 6.71. The van der Waals surface area contributed by atoms with Crippen molar-refractivity contribution in [1.29, 1.82) is 0 Å². The van der Waals surface area contributed by atoms with Gasteiger partial charge in [-0.3, -0.25) is 0 Å². The third kappa shape index (κ3) is 3.34. The van der Waals surface area contributed by atoms with Crippen LogP contribution in [0.4, 0.5) is 11.5 Å². The first-order chi connectivity index (χ1) is 9.81. The lowest BCUT2D eigenvalue weighted by atomic mass is 10.3. The molecule has 0 spiro atoms. The number of anilines is 2. The third-order valence-electron chi connectivity index (χ3n) is 3.12. The van der Waals surface area contributed by atoms with Crippen LogP contribution in [0.25, 0.3) is 0 Å². The fourth-order valence-electron chi connectivity index (χ4n) is 1.76. The first-order valence-electron chi connectivity index (χ1n) is 6.71. The number of hydrogen-bond donors (Lipinski definition) is 2. The second-order valence-electron chi connectivity index (χ2n) is 4.91. The molecule has 0 bridgehead atoms. The van der Waals surface area contributed by atoms with Crippen LogP contribution in [0.3, 0.4) is 0 Å². The zero-order chi connectivity index (χ0) is 13.8. The number of nitrogens with zero attached hydrogens (tertiary/aromatic N) is 3. The van der Waals surface area contributed by atoms with Gasteiger partial charge >= 0.3 is 0 Å². The van der Waals surface area contributed by atoms with E-state index < -0.39 is 0 Å². The number of hydrogen-bond acceptors (Lipinski definition) is 6. The van der Waals surface area contributed by atoms with Crippen molar-refractivity contribution >= 4 is 11.5 Å². The molecule has 0 aromatic carbocycles. The summed E-state index contributed by atoms with van der Waals surface area (Å²) in [6.45, 7) is 1.26. The van der Waals surface area contributed by atoms with Crippen molar-refractivity contribution in [2.45, 2.75) is 19.4 Å². The Balaban J connectivity index is 1.62. The van der Waals surface area contributed by atoms with E-state index in [4.69, 9.17) is 10.5 Å². The van der Waals surface area contributed by atoms with Crippen LogP contribution in [0.1, 0.15) is 18.5 Å². The zero-order valence-corrected chi connectivity index (χ0v) is 11.1. The Morgan fingerprint density at radius 1 is 1.30 bits per heavy atom. The standard InChI is InChI=1S/C14H17N5O/c15-12-5-6-13(16-8-11-2-1-7-17-19-11)18-14(12)20-9-10-3-4-10/h1-2,5-7,10H,3-4,8-9,15H2,(H,16,18). The summed E-state index contributed by atoms with van der Waals surface area (Å²) in [7, 11) is 0. The maximum absolute atomic E-state index is 5.87. The van der Waals surface area contributed by atoms with Crippen molar-refractivity contribution in [1.82, 2.24) is 15.2 Å². The van der Waals surface area contributed by atoms with Gasteiger partial charge in [-0.15, -0.1) is 0 Å². The number of nitrogen functional groups attached to an aromatic ring is 1. The molecule has 0 aliphatic heterocycles. The highest BCUT2D eigenvalue weighted by molar-refractivity contribution is 5.53. The molecule has 1 saturated carbocycles. The summed E-state index contributed by atoms with van der Waals surface area (Å²) in [5.41, 5.74) is 7.28. The topological polar surface area (TPSA) is 86.0 Å². The van der Waals surface area contributed by atoms with Gasteiger partial charge in [0, 0.05) is 6.20 Å².